The molecule has 0 spiro atoms. The van der Waals surface area contributed by atoms with Gasteiger partial charge in [0.15, 0.2) is 0 Å². The first-order valence-corrected chi connectivity index (χ1v) is 6.79. The number of hydrogen-bond acceptors (Lipinski definition) is 2. The average molecular weight is 258 g/mol. The highest BCUT2D eigenvalue weighted by Gasteiger charge is 2.24. The van der Waals surface area contributed by atoms with Crippen molar-refractivity contribution in [3.8, 4) is 0 Å². The molecule has 0 fully saturated rings. The van der Waals surface area contributed by atoms with Crippen molar-refractivity contribution in [1.82, 2.24) is 5.32 Å². The average Bonchev–Trinajstić information content (AvgIpc) is 2.75. The van der Waals surface area contributed by atoms with E-state index < -0.39 is 0 Å². The van der Waals surface area contributed by atoms with E-state index in [0.717, 1.165) is 0 Å². The molecule has 3 heteroatoms. The van der Waals surface area contributed by atoms with E-state index in [4.69, 9.17) is 5.73 Å². The maximum atomic E-state index is 12.1. The topological polar surface area (TPSA) is 55.1 Å². The minimum atomic E-state index is -0.0804. The second kappa shape index (κ2) is 5.57. The van der Waals surface area contributed by atoms with E-state index in [1.807, 2.05) is 19.1 Å². The number of hydrogen-bond donors (Lipinski definition) is 2. The molecule has 3 N–H and O–H groups in total. The van der Waals surface area contributed by atoms with Gasteiger partial charge in [-0.05, 0) is 38.3 Å². The molecule has 0 saturated carbocycles. The fourth-order valence-electron chi connectivity index (χ4n) is 2.63. The van der Waals surface area contributed by atoms with Crippen LogP contribution >= 0.6 is 0 Å². The monoisotopic (exact) mass is 258 g/mol. The van der Waals surface area contributed by atoms with Crippen LogP contribution in [-0.2, 0) is 4.79 Å². The van der Waals surface area contributed by atoms with Crippen molar-refractivity contribution in [2.24, 2.45) is 11.7 Å². The summed E-state index contributed by atoms with van der Waals surface area (Å²) in [5.74, 6) is -0.0140. The Bertz CT molecular complexity index is 507. The Morgan fingerprint density at radius 3 is 2.68 bits per heavy atom. The quantitative estimate of drug-likeness (QED) is 0.818. The lowest BCUT2D eigenvalue weighted by atomic mass is 9.99. The number of carbonyl (C=O) groups is 1. The van der Waals surface area contributed by atoms with Gasteiger partial charge in [-0.25, -0.2) is 0 Å². The van der Waals surface area contributed by atoms with Crippen LogP contribution in [-0.4, -0.2) is 11.9 Å². The number of benzene rings is 1. The standard InChI is InChI=1S/C16H22N2O/c1-10-4-7-15(11(2)8-10)12(3)18-16(19)13-5-6-14(17)9-13/h4-8,12-14H,9,17H2,1-3H3,(H,18,19). The van der Waals surface area contributed by atoms with Gasteiger partial charge in [-0.1, -0.05) is 35.9 Å². The number of carbonyl (C=O) groups excluding carboxylic acids is 1. The van der Waals surface area contributed by atoms with Gasteiger partial charge in [-0.3, -0.25) is 4.79 Å². The highest BCUT2D eigenvalue weighted by molar-refractivity contribution is 5.81. The zero-order chi connectivity index (χ0) is 14.0. The van der Waals surface area contributed by atoms with Crippen LogP contribution in [0.1, 0.15) is 36.1 Å². The molecule has 0 aromatic heterocycles. The minimum Gasteiger partial charge on any atom is -0.349 e. The molecule has 0 saturated heterocycles. The van der Waals surface area contributed by atoms with Gasteiger partial charge < -0.3 is 11.1 Å². The van der Waals surface area contributed by atoms with Gasteiger partial charge in [0.25, 0.3) is 0 Å². The summed E-state index contributed by atoms with van der Waals surface area (Å²) in [4.78, 5) is 12.1. The number of nitrogens with one attached hydrogen (secondary N) is 1. The second-order valence-corrected chi connectivity index (χ2v) is 5.48. The summed E-state index contributed by atoms with van der Waals surface area (Å²) < 4.78 is 0. The maximum Gasteiger partial charge on any atom is 0.227 e. The van der Waals surface area contributed by atoms with E-state index in [9.17, 15) is 4.79 Å². The fourth-order valence-corrected chi connectivity index (χ4v) is 2.63. The third kappa shape index (κ3) is 3.24. The van der Waals surface area contributed by atoms with Gasteiger partial charge in [0, 0.05) is 6.04 Å². The highest BCUT2D eigenvalue weighted by Crippen LogP contribution is 2.21. The van der Waals surface area contributed by atoms with Crippen molar-refractivity contribution in [3.05, 3.63) is 47.0 Å². The molecule has 3 unspecified atom stereocenters. The van der Waals surface area contributed by atoms with E-state index in [0.29, 0.717) is 6.42 Å². The Hall–Kier alpha value is -1.61. The maximum absolute atomic E-state index is 12.1. The summed E-state index contributed by atoms with van der Waals surface area (Å²) in [7, 11) is 0. The molecule has 0 aliphatic heterocycles. The van der Waals surface area contributed by atoms with Crippen molar-refractivity contribution in [1.29, 1.82) is 0 Å². The van der Waals surface area contributed by atoms with Crippen LogP contribution < -0.4 is 11.1 Å². The summed E-state index contributed by atoms with van der Waals surface area (Å²) >= 11 is 0. The number of aryl methyl sites for hydroxylation is 2. The zero-order valence-electron chi connectivity index (χ0n) is 11.8. The molecule has 1 aliphatic carbocycles. The molecular formula is C16H22N2O. The molecule has 1 aromatic carbocycles. The van der Waals surface area contributed by atoms with Crippen LogP contribution in [0.3, 0.4) is 0 Å². The smallest absolute Gasteiger partial charge is 0.227 e. The first kappa shape index (κ1) is 13.8. The summed E-state index contributed by atoms with van der Waals surface area (Å²) in [6.45, 7) is 6.18. The lowest BCUT2D eigenvalue weighted by molar-refractivity contribution is -0.124. The molecule has 3 atom stereocenters. The number of amides is 1. The molecule has 0 bridgehead atoms. The largest absolute Gasteiger partial charge is 0.349 e. The lowest BCUT2D eigenvalue weighted by Crippen LogP contribution is -2.33. The predicted molar refractivity (Wildman–Crippen MR) is 77.7 cm³/mol. The Morgan fingerprint density at radius 1 is 1.37 bits per heavy atom. The summed E-state index contributed by atoms with van der Waals surface area (Å²) in [6.07, 6.45) is 4.53. The van der Waals surface area contributed by atoms with Crippen LogP contribution in [0.5, 0.6) is 0 Å². The molecule has 0 heterocycles. The predicted octanol–water partition coefficient (Wildman–Crippen LogP) is 2.38. The van der Waals surface area contributed by atoms with Crippen molar-refractivity contribution in [3.63, 3.8) is 0 Å². The van der Waals surface area contributed by atoms with E-state index in [2.05, 4.69) is 37.4 Å². The Labute approximate surface area is 114 Å². The normalized spacial score (nSPS) is 23.4. The molecule has 1 amide bonds. The molecule has 1 aliphatic rings. The molecule has 3 nitrogen and oxygen atoms in total. The zero-order valence-corrected chi connectivity index (χ0v) is 11.8. The fraction of sp³-hybridized carbons (Fsp3) is 0.438. The van der Waals surface area contributed by atoms with Crippen LogP contribution in [0.2, 0.25) is 0 Å². The van der Waals surface area contributed by atoms with Gasteiger partial charge in [-0.2, -0.15) is 0 Å². The third-order valence-electron chi connectivity index (χ3n) is 3.70. The van der Waals surface area contributed by atoms with E-state index in [1.165, 1.54) is 16.7 Å². The van der Waals surface area contributed by atoms with E-state index in [1.54, 1.807) is 0 Å². The number of nitrogens with two attached hydrogens (primary N) is 1. The molecule has 0 radical (unpaired) electrons. The van der Waals surface area contributed by atoms with Gasteiger partial charge in [-0.15, -0.1) is 0 Å². The van der Waals surface area contributed by atoms with Crippen LogP contribution in [0, 0.1) is 19.8 Å². The molecular weight excluding hydrogens is 236 g/mol. The summed E-state index contributed by atoms with van der Waals surface area (Å²) in [5.41, 5.74) is 9.40. The summed E-state index contributed by atoms with van der Waals surface area (Å²) in [5, 5.41) is 3.07. The van der Waals surface area contributed by atoms with E-state index >= 15 is 0 Å². The van der Waals surface area contributed by atoms with Crippen LogP contribution in [0.15, 0.2) is 30.4 Å². The molecule has 1 aromatic rings. The van der Waals surface area contributed by atoms with Gasteiger partial charge >= 0.3 is 0 Å². The number of rotatable bonds is 3. The first-order valence-electron chi connectivity index (χ1n) is 6.79. The van der Waals surface area contributed by atoms with Crippen molar-refractivity contribution < 1.29 is 4.79 Å². The van der Waals surface area contributed by atoms with E-state index in [-0.39, 0.29) is 23.9 Å². The van der Waals surface area contributed by atoms with Gasteiger partial charge in [0.05, 0.1) is 12.0 Å². The van der Waals surface area contributed by atoms with Crippen LogP contribution in [0.25, 0.3) is 0 Å². The van der Waals surface area contributed by atoms with Crippen molar-refractivity contribution >= 4 is 5.91 Å². The van der Waals surface area contributed by atoms with Gasteiger partial charge in [0.1, 0.15) is 0 Å². The third-order valence-corrected chi connectivity index (χ3v) is 3.70. The Morgan fingerprint density at radius 2 is 2.11 bits per heavy atom. The Balaban J connectivity index is 2.02. The SMILES string of the molecule is Cc1ccc(C(C)NC(=O)C2C=CC(N)C2)c(C)c1. The second-order valence-electron chi connectivity index (χ2n) is 5.48. The van der Waals surface area contributed by atoms with Gasteiger partial charge in [0.2, 0.25) is 5.91 Å². The molecule has 102 valence electrons. The molecule has 2 rings (SSSR count). The Kier molecular flexibility index (Phi) is 4.05. The van der Waals surface area contributed by atoms with Crippen molar-refractivity contribution in [2.45, 2.75) is 39.3 Å². The summed E-state index contributed by atoms with van der Waals surface area (Å²) in [6, 6.07) is 6.36. The first-order chi connectivity index (χ1) is 8.97. The van der Waals surface area contributed by atoms with Crippen molar-refractivity contribution in [2.75, 3.05) is 0 Å². The minimum absolute atomic E-state index is 0.0205. The highest BCUT2D eigenvalue weighted by atomic mass is 16.1. The van der Waals surface area contributed by atoms with Crippen LogP contribution in [0.4, 0.5) is 0 Å². The lowest BCUT2D eigenvalue weighted by Gasteiger charge is -2.19. The molecule has 19 heavy (non-hydrogen) atoms.